The molecule has 0 radical (unpaired) electrons. The Hall–Kier alpha value is -1.30. The van der Waals surface area contributed by atoms with Crippen LogP contribution in [0.25, 0.3) is 0 Å². The van der Waals surface area contributed by atoms with E-state index in [1.54, 1.807) is 20.3 Å². The van der Waals surface area contributed by atoms with Gasteiger partial charge in [-0.1, -0.05) is 0 Å². The van der Waals surface area contributed by atoms with E-state index in [0.717, 1.165) is 11.3 Å². The molecule has 5 heteroatoms. The van der Waals surface area contributed by atoms with Crippen LogP contribution in [-0.4, -0.2) is 40.6 Å². The van der Waals surface area contributed by atoms with Gasteiger partial charge in [-0.3, -0.25) is 0 Å². The fourth-order valence-electron chi connectivity index (χ4n) is 1.44. The molecule has 0 aliphatic rings. The number of hydrogen-bond donors (Lipinski definition) is 1. The predicted octanol–water partition coefficient (Wildman–Crippen LogP) is 1.46. The highest BCUT2D eigenvalue weighted by Gasteiger charge is 1.99. The molecule has 0 heterocycles. The van der Waals surface area contributed by atoms with Gasteiger partial charge >= 0.3 is 0 Å². The molecule has 2 N–H and O–H groups in total. The van der Waals surface area contributed by atoms with Gasteiger partial charge in [-0.05, 0) is 17.7 Å². The first kappa shape index (κ1) is 14.8. The highest BCUT2D eigenvalue weighted by atomic mass is 16.5. The van der Waals surface area contributed by atoms with Crippen molar-refractivity contribution < 1.29 is 18.9 Å². The van der Waals surface area contributed by atoms with E-state index in [2.05, 4.69) is 0 Å². The Morgan fingerprint density at radius 1 is 0.944 bits per heavy atom. The molecule has 0 saturated heterocycles. The molecule has 5 nitrogen and oxygen atoms in total. The van der Waals surface area contributed by atoms with Crippen molar-refractivity contribution in [2.45, 2.75) is 6.61 Å². The molecule has 0 bridgehead atoms. The van der Waals surface area contributed by atoms with Gasteiger partial charge in [-0.15, -0.1) is 0 Å². The van der Waals surface area contributed by atoms with E-state index in [1.165, 1.54) is 0 Å². The second-order valence-corrected chi connectivity index (χ2v) is 3.77. The highest BCUT2D eigenvalue weighted by Crippen LogP contribution is 2.18. The van der Waals surface area contributed by atoms with Gasteiger partial charge in [0.05, 0.1) is 40.1 Å². The van der Waals surface area contributed by atoms with E-state index in [4.69, 9.17) is 24.7 Å². The third-order valence-electron chi connectivity index (χ3n) is 2.30. The van der Waals surface area contributed by atoms with Crippen LogP contribution in [0.5, 0.6) is 5.75 Å². The number of nitrogen functional groups attached to an aromatic ring is 1. The van der Waals surface area contributed by atoms with Crippen molar-refractivity contribution in [1.82, 2.24) is 0 Å². The topological polar surface area (TPSA) is 62.9 Å². The third kappa shape index (κ3) is 5.86. The molecule has 1 aromatic carbocycles. The van der Waals surface area contributed by atoms with Crippen molar-refractivity contribution in [2.24, 2.45) is 0 Å². The Morgan fingerprint density at radius 3 is 2.39 bits per heavy atom. The molecule has 0 amide bonds. The summed E-state index contributed by atoms with van der Waals surface area (Å²) in [5, 5.41) is 0. The summed E-state index contributed by atoms with van der Waals surface area (Å²) in [7, 11) is 3.26. The molecule has 1 rings (SSSR count). The van der Waals surface area contributed by atoms with Gasteiger partial charge < -0.3 is 24.7 Å². The first-order valence-electron chi connectivity index (χ1n) is 5.84. The molecule has 18 heavy (non-hydrogen) atoms. The molecule has 0 saturated carbocycles. The maximum atomic E-state index is 5.75. The van der Waals surface area contributed by atoms with Crippen LogP contribution in [0.4, 0.5) is 5.69 Å². The number of benzene rings is 1. The largest absolute Gasteiger partial charge is 0.497 e. The second kappa shape index (κ2) is 8.74. The van der Waals surface area contributed by atoms with Crippen LogP contribution in [0.15, 0.2) is 18.2 Å². The van der Waals surface area contributed by atoms with Gasteiger partial charge in [0, 0.05) is 18.9 Å². The predicted molar refractivity (Wildman–Crippen MR) is 69.8 cm³/mol. The van der Waals surface area contributed by atoms with E-state index in [-0.39, 0.29) is 0 Å². The van der Waals surface area contributed by atoms with Crippen molar-refractivity contribution in [2.75, 3.05) is 46.4 Å². The second-order valence-electron chi connectivity index (χ2n) is 3.77. The molecule has 0 unspecified atom stereocenters. The molecular formula is C13H21NO4. The van der Waals surface area contributed by atoms with Crippen molar-refractivity contribution in [3.63, 3.8) is 0 Å². The zero-order valence-corrected chi connectivity index (χ0v) is 11.0. The van der Waals surface area contributed by atoms with Crippen molar-refractivity contribution in [3.8, 4) is 5.75 Å². The summed E-state index contributed by atoms with van der Waals surface area (Å²) in [6.07, 6.45) is 0. The Bertz CT molecular complexity index is 344. The van der Waals surface area contributed by atoms with Gasteiger partial charge in [0.1, 0.15) is 5.75 Å². The summed E-state index contributed by atoms with van der Waals surface area (Å²) in [5.41, 5.74) is 7.41. The molecule has 102 valence electrons. The minimum absolute atomic E-state index is 0.495. The minimum atomic E-state index is 0.495. The Kier molecular flexibility index (Phi) is 7.17. The highest BCUT2D eigenvalue weighted by molar-refractivity contribution is 5.47. The first-order chi connectivity index (χ1) is 8.76. The maximum absolute atomic E-state index is 5.75. The number of methoxy groups -OCH3 is 2. The smallest absolute Gasteiger partial charge is 0.121 e. The Labute approximate surface area is 108 Å². The molecule has 0 aliphatic heterocycles. The van der Waals surface area contributed by atoms with Crippen molar-refractivity contribution >= 4 is 5.69 Å². The molecule has 0 atom stereocenters. The summed E-state index contributed by atoms with van der Waals surface area (Å²) in [6.45, 7) is 2.79. The lowest BCUT2D eigenvalue weighted by Gasteiger charge is -2.08. The standard InChI is InChI=1S/C13H21NO4/c1-15-3-4-17-5-6-18-10-11-7-12(14)9-13(8-11)16-2/h7-9H,3-6,10,14H2,1-2H3. The van der Waals surface area contributed by atoms with Gasteiger partial charge in [0.2, 0.25) is 0 Å². The van der Waals surface area contributed by atoms with E-state index in [1.807, 2.05) is 12.1 Å². The van der Waals surface area contributed by atoms with E-state index >= 15 is 0 Å². The molecule has 1 aromatic rings. The monoisotopic (exact) mass is 255 g/mol. The summed E-state index contributed by atoms with van der Waals surface area (Å²) < 4.78 is 20.8. The fraction of sp³-hybridized carbons (Fsp3) is 0.538. The quantitative estimate of drug-likeness (QED) is 0.534. The molecule has 0 fully saturated rings. The summed E-state index contributed by atoms with van der Waals surface area (Å²) in [6, 6.07) is 5.55. The zero-order valence-electron chi connectivity index (χ0n) is 11.0. The lowest BCUT2D eigenvalue weighted by molar-refractivity contribution is 0.0199. The first-order valence-corrected chi connectivity index (χ1v) is 5.84. The zero-order chi connectivity index (χ0) is 13.2. The van der Waals surface area contributed by atoms with Crippen molar-refractivity contribution in [1.29, 1.82) is 0 Å². The Balaban J connectivity index is 2.20. The number of ether oxygens (including phenoxy) is 4. The van der Waals surface area contributed by atoms with Crippen LogP contribution in [0, 0.1) is 0 Å². The average molecular weight is 255 g/mol. The van der Waals surface area contributed by atoms with E-state index in [0.29, 0.717) is 38.7 Å². The summed E-state index contributed by atoms with van der Waals surface area (Å²) in [4.78, 5) is 0. The van der Waals surface area contributed by atoms with Crippen LogP contribution in [0.1, 0.15) is 5.56 Å². The number of anilines is 1. The maximum Gasteiger partial charge on any atom is 0.121 e. The normalized spacial score (nSPS) is 10.6. The fourth-order valence-corrected chi connectivity index (χ4v) is 1.44. The molecule has 0 spiro atoms. The van der Waals surface area contributed by atoms with Crippen LogP contribution in [0.3, 0.4) is 0 Å². The average Bonchev–Trinajstić information content (AvgIpc) is 2.37. The van der Waals surface area contributed by atoms with Gasteiger partial charge in [-0.25, -0.2) is 0 Å². The van der Waals surface area contributed by atoms with Gasteiger partial charge in [0.15, 0.2) is 0 Å². The SMILES string of the molecule is COCCOCCOCc1cc(N)cc(OC)c1. The third-order valence-corrected chi connectivity index (χ3v) is 2.30. The molecule has 0 aromatic heterocycles. The molecular weight excluding hydrogens is 234 g/mol. The van der Waals surface area contributed by atoms with Gasteiger partial charge in [-0.2, -0.15) is 0 Å². The van der Waals surface area contributed by atoms with Crippen molar-refractivity contribution in [3.05, 3.63) is 23.8 Å². The van der Waals surface area contributed by atoms with Crippen LogP contribution < -0.4 is 10.5 Å². The van der Waals surface area contributed by atoms with Crippen LogP contribution >= 0.6 is 0 Å². The number of hydrogen-bond acceptors (Lipinski definition) is 5. The summed E-state index contributed by atoms with van der Waals surface area (Å²) in [5.74, 6) is 0.741. The minimum Gasteiger partial charge on any atom is -0.497 e. The Morgan fingerprint density at radius 2 is 1.67 bits per heavy atom. The number of nitrogens with two attached hydrogens (primary N) is 1. The molecule has 0 aliphatic carbocycles. The van der Waals surface area contributed by atoms with Crippen LogP contribution in [0.2, 0.25) is 0 Å². The van der Waals surface area contributed by atoms with Gasteiger partial charge in [0.25, 0.3) is 0 Å². The lowest BCUT2D eigenvalue weighted by Crippen LogP contribution is -2.08. The summed E-state index contributed by atoms with van der Waals surface area (Å²) >= 11 is 0. The number of rotatable bonds is 9. The lowest BCUT2D eigenvalue weighted by atomic mass is 10.2. The van der Waals surface area contributed by atoms with Crippen LogP contribution in [-0.2, 0) is 20.8 Å². The van der Waals surface area contributed by atoms with E-state index < -0.39 is 0 Å². The van der Waals surface area contributed by atoms with E-state index in [9.17, 15) is 0 Å².